The maximum absolute atomic E-state index is 13.9. The van der Waals surface area contributed by atoms with Crippen LogP contribution in [0, 0.1) is 27.6 Å². The maximum atomic E-state index is 13.9. The van der Waals surface area contributed by atoms with Crippen molar-refractivity contribution in [2.24, 2.45) is 27.6 Å². The SMILES string of the molecule is CCCCCCCC(C)(CCCCCC)C(=O)C1(C)CC12C(C)C2(C)C(=O)O. The van der Waals surface area contributed by atoms with Gasteiger partial charge < -0.3 is 5.11 Å². The second kappa shape index (κ2) is 8.48. The first kappa shape index (κ1) is 23.4. The fraction of sp³-hybridized carbons (Fsp3) is 0.920. The molecule has 162 valence electrons. The summed E-state index contributed by atoms with van der Waals surface area (Å²) < 4.78 is 0. The minimum Gasteiger partial charge on any atom is -0.481 e. The van der Waals surface area contributed by atoms with E-state index < -0.39 is 16.8 Å². The van der Waals surface area contributed by atoms with Crippen molar-refractivity contribution in [3.05, 3.63) is 0 Å². The molecule has 5 unspecified atom stereocenters. The Kier molecular flexibility index (Phi) is 7.09. The van der Waals surface area contributed by atoms with Crippen LogP contribution in [0.15, 0.2) is 0 Å². The topological polar surface area (TPSA) is 54.4 Å². The second-order valence-electron chi connectivity index (χ2n) is 10.6. The Morgan fingerprint density at radius 1 is 0.929 bits per heavy atom. The zero-order valence-corrected chi connectivity index (χ0v) is 19.3. The van der Waals surface area contributed by atoms with E-state index in [1.807, 2.05) is 13.8 Å². The average Bonchev–Trinajstić information content (AvgIpc) is 3.45. The molecule has 2 aliphatic carbocycles. The van der Waals surface area contributed by atoms with Crippen molar-refractivity contribution in [3.63, 3.8) is 0 Å². The van der Waals surface area contributed by atoms with Gasteiger partial charge in [0, 0.05) is 16.2 Å². The molecule has 2 saturated carbocycles. The van der Waals surface area contributed by atoms with Gasteiger partial charge in [0.25, 0.3) is 0 Å². The van der Waals surface area contributed by atoms with Gasteiger partial charge in [-0.25, -0.2) is 0 Å². The molecule has 1 N–H and O–H groups in total. The Balaban J connectivity index is 2.09. The lowest BCUT2D eigenvalue weighted by Gasteiger charge is -2.32. The van der Waals surface area contributed by atoms with Crippen LogP contribution in [-0.2, 0) is 9.59 Å². The molecule has 0 amide bonds. The van der Waals surface area contributed by atoms with Crippen molar-refractivity contribution < 1.29 is 14.7 Å². The Bertz CT molecular complexity index is 584. The monoisotopic (exact) mass is 392 g/mol. The number of unbranched alkanes of at least 4 members (excludes halogenated alkanes) is 7. The molecule has 0 aromatic heterocycles. The Morgan fingerprint density at radius 2 is 1.39 bits per heavy atom. The van der Waals surface area contributed by atoms with Crippen molar-refractivity contribution in [3.8, 4) is 0 Å². The molecule has 5 atom stereocenters. The van der Waals surface area contributed by atoms with Gasteiger partial charge >= 0.3 is 5.97 Å². The highest BCUT2D eigenvalue weighted by Crippen LogP contribution is 2.91. The third-order valence-electron chi connectivity index (χ3n) is 8.85. The lowest BCUT2D eigenvalue weighted by atomic mass is 9.70. The molecule has 2 fully saturated rings. The molecule has 1 spiro atoms. The lowest BCUT2D eigenvalue weighted by Crippen LogP contribution is -2.36. The summed E-state index contributed by atoms with van der Waals surface area (Å²) in [6.45, 7) is 12.6. The summed E-state index contributed by atoms with van der Waals surface area (Å²) >= 11 is 0. The van der Waals surface area contributed by atoms with Gasteiger partial charge in [0.2, 0.25) is 0 Å². The smallest absolute Gasteiger partial charge is 0.310 e. The molecule has 0 aromatic carbocycles. The van der Waals surface area contributed by atoms with Crippen molar-refractivity contribution >= 4 is 11.8 Å². The van der Waals surface area contributed by atoms with Crippen molar-refractivity contribution in [1.29, 1.82) is 0 Å². The predicted molar refractivity (Wildman–Crippen MR) is 115 cm³/mol. The predicted octanol–water partition coefficient (Wildman–Crippen LogP) is 7.03. The van der Waals surface area contributed by atoms with Crippen LogP contribution in [0.3, 0.4) is 0 Å². The normalized spacial score (nSPS) is 35.6. The van der Waals surface area contributed by atoms with Crippen LogP contribution in [-0.4, -0.2) is 16.9 Å². The molecule has 28 heavy (non-hydrogen) atoms. The lowest BCUT2D eigenvalue weighted by molar-refractivity contribution is -0.144. The maximum Gasteiger partial charge on any atom is 0.310 e. The molecule has 0 radical (unpaired) electrons. The largest absolute Gasteiger partial charge is 0.481 e. The van der Waals surface area contributed by atoms with Crippen LogP contribution in [0.5, 0.6) is 0 Å². The zero-order valence-electron chi connectivity index (χ0n) is 19.3. The zero-order chi connectivity index (χ0) is 21.2. The molecule has 2 rings (SSSR count). The molecule has 3 nitrogen and oxygen atoms in total. The Labute approximate surface area is 173 Å². The highest BCUT2D eigenvalue weighted by Gasteiger charge is 2.93. The standard InChI is InChI=1S/C25H44O3/c1-7-9-11-13-15-17-22(4,16-14-12-10-8-2)20(26)23(5)18-25(23)19(3)24(25,6)21(27)28/h19H,7-18H2,1-6H3,(H,27,28). The summed E-state index contributed by atoms with van der Waals surface area (Å²) in [7, 11) is 0. The molecule has 0 aromatic rings. The fourth-order valence-corrected chi connectivity index (χ4v) is 6.57. The van der Waals surface area contributed by atoms with E-state index in [1.54, 1.807) is 0 Å². The first-order chi connectivity index (χ1) is 13.1. The average molecular weight is 393 g/mol. The molecule has 0 aliphatic heterocycles. The number of carbonyl (C=O) groups is 2. The number of rotatable bonds is 14. The van der Waals surface area contributed by atoms with E-state index in [0.717, 1.165) is 32.1 Å². The van der Waals surface area contributed by atoms with E-state index in [-0.39, 0.29) is 16.7 Å². The molecule has 0 saturated heterocycles. The van der Waals surface area contributed by atoms with Gasteiger partial charge in [-0.15, -0.1) is 0 Å². The summed E-state index contributed by atoms with van der Waals surface area (Å²) in [5.74, 6) is -0.259. The van der Waals surface area contributed by atoms with Gasteiger partial charge in [-0.05, 0) is 32.1 Å². The second-order valence-corrected chi connectivity index (χ2v) is 10.6. The molecular weight excluding hydrogens is 348 g/mol. The fourth-order valence-electron chi connectivity index (χ4n) is 6.57. The van der Waals surface area contributed by atoms with E-state index in [9.17, 15) is 14.7 Å². The van der Waals surface area contributed by atoms with Gasteiger partial charge in [-0.3, -0.25) is 9.59 Å². The van der Waals surface area contributed by atoms with Gasteiger partial charge in [0.05, 0.1) is 5.41 Å². The van der Waals surface area contributed by atoms with E-state index >= 15 is 0 Å². The van der Waals surface area contributed by atoms with Gasteiger partial charge in [0.1, 0.15) is 5.78 Å². The van der Waals surface area contributed by atoms with Crippen LogP contribution < -0.4 is 0 Å². The van der Waals surface area contributed by atoms with Crippen molar-refractivity contribution in [1.82, 2.24) is 0 Å². The molecule has 3 heteroatoms. The number of carboxylic acids is 1. The number of carboxylic acid groups (broad SMARTS) is 1. The van der Waals surface area contributed by atoms with Gasteiger partial charge in [-0.1, -0.05) is 92.4 Å². The van der Waals surface area contributed by atoms with Gasteiger partial charge in [0.15, 0.2) is 0 Å². The Morgan fingerprint density at radius 3 is 1.82 bits per heavy atom. The van der Waals surface area contributed by atoms with E-state index in [1.165, 1.54) is 44.9 Å². The highest BCUT2D eigenvalue weighted by atomic mass is 16.4. The first-order valence-corrected chi connectivity index (χ1v) is 11.9. The van der Waals surface area contributed by atoms with Crippen LogP contribution in [0.4, 0.5) is 0 Å². The summed E-state index contributed by atoms with van der Waals surface area (Å²) in [6, 6.07) is 0. The number of ketones is 1. The number of Topliss-reactive ketones (excluding diaryl/α,β-unsaturated/α-hetero) is 1. The summed E-state index contributed by atoms with van der Waals surface area (Å²) in [4.78, 5) is 25.8. The molecule has 0 bridgehead atoms. The quantitative estimate of drug-likeness (QED) is 0.323. The third-order valence-corrected chi connectivity index (χ3v) is 8.85. The minimum atomic E-state index is -0.722. The number of carbonyl (C=O) groups excluding carboxylic acids is 1. The molecule has 0 heterocycles. The number of hydrogen-bond donors (Lipinski definition) is 1. The van der Waals surface area contributed by atoms with Gasteiger partial charge in [-0.2, -0.15) is 0 Å². The van der Waals surface area contributed by atoms with Crippen LogP contribution >= 0.6 is 0 Å². The Hall–Kier alpha value is -0.860. The van der Waals surface area contributed by atoms with Crippen molar-refractivity contribution in [2.45, 2.75) is 119 Å². The summed E-state index contributed by atoms with van der Waals surface area (Å²) in [6.07, 6.45) is 13.5. The third kappa shape index (κ3) is 3.56. The first-order valence-electron chi connectivity index (χ1n) is 11.9. The summed E-state index contributed by atoms with van der Waals surface area (Å²) in [5.41, 5.74) is -1.75. The minimum absolute atomic E-state index is 0.0975. The molecular formula is C25H44O3. The highest BCUT2D eigenvalue weighted by molar-refractivity contribution is 5.97. The summed E-state index contributed by atoms with van der Waals surface area (Å²) in [5, 5.41) is 9.79. The molecule has 2 aliphatic rings. The van der Waals surface area contributed by atoms with E-state index in [2.05, 4.69) is 27.7 Å². The van der Waals surface area contributed by atoms with Crippen LogP contribution in [0.1, 0.15) is 119 Å². The van der Waals surface area contributed by atoms with Crippen LogP contribution in [0.2, 0.25) is 0 Å². The van der Waals surface area contributed by atoms with E-state index in [4.69, 9.17) is 0 Å². The number of aliphatic carboxylic acids is 1. The van der Waals surface area contributed by atoms with Crippen molar-refractivity contribution in [2.75, 3.05) is 0 Å². The number of hydrogen-bond acceptors (Lipinski definition) is 2. The van der Waals surface area contributed by atoms with Crippen LogP contribution in [0.25, 0.3) is 0 Å². The van der Waals surface area contributed by atoms with E-state index in [0.29, 0.717) is 5.78 Å².